The lowest BCUT2D eigenvalue weighted by molar-refractivity contribution is 0.0687. The lowest BCUT2D eigenvalue weighted by Gasteiger charge is -2.26. The van der Waals surface area contributed by atoms with Crippen LogP contribution in [0.5, 0.6) is 5.75 Å². The van der Waals surface area contributed by atoms with Crippen LogP contribution < -0.4 is 4.74 Å². The minimum atomic E-state index is -3.72. The van der Waals surface area contributed by atoms with E-state index in [-0.39, 0.29) is 23.7 Å². The molecule has 1 aromatic heterocycles. The monoisotopic (exact) mass is 365 g/mol. The summed E-state index contributed by atoms with van der Waals surface area (Å²) >= 11 is 0. The van der Waals surface area contributed by atoms with Gasteiger partial charge in [-0.2, -0.15) is 9.40 Å². The normalized spacial score (nSPS) is 15.0. The summed E-state index contributed by atoms with van der Waals surface area (Å²) < 4.78 is 33.9. The van der Waals surface area contributed by atoms with Crippen molar-refractivity contribution in [2.24, 2.45) is 7.05 Å². The SMILES string of the molecule is CCOc1ccc(S(=O)(=O)N2CCc3c(c(C(=O)O)nn3C)C2)cc1. The van der Waals surface area contributed by atoms with Gasteiger partial charge in [-0.1, -0.05) is 0 Å². The fraction of sp³-hybridized carbons (Fsp3) is 0.375. The van der Waals surface area contributed by atoms with E-state index in [1.807, 2.05) is 6.92 Å². The number of carbonyl (C=O) groups is 1. The van der Waals surface area contributed by atoms with E-state index >= 15 is 0 Å². The van der Waals surface area contributed by atoms with Gasteiger partial charge in [0.2, 0.25) is 10.0 Å². The molecule has 0 atom stereocenters. The number of sulfonamides is 1. The van der Waals surface area contributed by atoms with E-state index in [9.17, 15) is 18.3 Å². The number of hydrogen-bond acceptors (Lipinski definition) is 5. The number of aromatic nitrogens is 2. The Bertz CT molecular complexity index is 903. The van der Waals surface area contributed by atoms with E-state index in [4.69, 9.17) is 4.74 Å². The quantitative estimate of drug-likeness (QED) is 0.856. The summed E-state index contributed by atoms with van der Waals surface area (Å²) in [6.45, 7) is 2.63. The van der Waals surface area contributed by atoms with E-state index in [1.54, 1.807) is 19.2 Å². The van der Waals surface area contributed by atoms with Gasteiger partial charge in [-0.15, -0.1) is 0 Å². The Labute approximate surface area is 145 Å². The minimum Gasteiger partial charge on any atom is -0.494 e. The number of aromatic carboxylic acids is 1. The molecule has 0 saturated heterocycles. The first-order valence-electron chi connectivity index (χ1n) is 7.85. The van der Waals surface area contributed by atoms with Crippen molar-refractivity contribution in [2.45, 2.75) is 24.8 Å². The number of fused-ring (bicyclic) bond motifs is 1. The molecule has 0 radical (unpaired) electrons. The lowest BCUT2D eigenvalue weighted by Crippen LogP contribution is -2.36. The van der Waals surface area contributed by atoms with Crippen molar-refractivity contribution < 1.29 is 23.1 Å². The molecule has 0 saturated carbocycles. The predicted molar refractivity (Wildman–Crippen MR) is 89.1 cm³/mol. The number of nitrogens with zero attached hydrogens (tertiary/aromatic N) is 3. The Morgan fingerprint density at radius 2 is 2.00 bits per heavy atom. The predicted octanol–water partition coefficient (Wildman–Crippen LogP) is 1.26. The first kappa shape index (κ1) is 17.4. The van der Waals surface area contributed by atoms with Gasteiger partial charge in [0.25, 0.3) is 0 Å². The van der Waals surface area contributed by atoms with Crippen LogP contribution in [0.4, 0.5) is 0 Å². The van der Waals surface area contributed by atoms with Gasteiger partial charge >= 0.3 is 5.97 Å². The lowest BCUT2D eigenvalue weighted by atomic mass is 10.1. The maximum Gasteiger partial charge on any atom is 0.356 e. The molecule has 2 heterocycles. The van der Waals surface area contributed by atoms with Crippen LogP contribution in [-0.2, 0) is 30.0 Å². The average molecular weight is 365 g/mol. The number of carboxylic acids is 1. The topological polar surface area (TPSA) is 102 Å². The van der Waals surface area contributed by atoms with E-state index in [0.717, 1.165) is 5.69 Å². The summed E-state index contributed by atoms with van der Waals surface area (Å²) in [7, 11) is -2.05. The number of hydrogen-bond donors (Lipinski definition) is 1. The standard InChI is InChI=1S/C16H19N3O5S/c1-3-24-11-4-6-12(7-5-11)25(22,23)19-9-8-14-13(10-19)15(16(20)21)17-18(14)2/h4-7H,3,8-10H2,1-2H3,(H,20,21). The summed E-state index contributed by atoms with van der Waals surface area (Å²) in [5, 5.41) is 13.3. The Hall–Kier alpha value is -2.39. The third-order valence-electron chi connectivity index (χ3n) is 4.18. The van der Waals surface area contributed by atoms with Crippen molar-refractivity contribution in [1.82, 2.24) is 14.1 Å². The second-order valence-electron chi connectivity index (χ2n) is 5.70. The summed E-state index contributed by atoms with van der Waals surface area (Å²) in [5.74, 6) is -0.556. The highest BCUT2D eigenvalue weighted by Gasteiger charge is 2.33. The molecule has 9 heteroatoms. The van der Waals surface area contributed by atoms with Crippen molar-refractivity contribution in [3.8, 4) is 5.75 Å². The molecular weight excluding hydrogens is 346 g/mol. The molecule has 0 fully saturated rings. The third-order valence-corrected chi connectivity index (χ3v) is 6.04. The molecule has 1 N–H and O–H groups in total. The summed E-state index contributed by atoms with van der Waals surface area (Å²) in [6, 6.07) is 6.21. The molecule has 1 aliphatic rings. The fourth-order valence-corrected chi connectivity index (χ4v) is 4.38. The van der Waals surface area contributed by atoms with Gasteiger partial charge in [-0.25, -0.2) is 13.2 Å². The molecular formula is C16H19N3O5S. The van der Waals surface area contributed by atoms with Crippen molar-refractivity contribution in [2.75, 3.05) is 13.2 Å². The molecule has 0 aliphatic carbocycles. The van der Waals surface area contributed by atoms with E-state index in [0.29, 0.717) is 24.3 Å². The van der Waals surface area contributed by atoms with E-state index in [2.05, 4.69) is 5.10 Å². The highest BCUT2D eigenvalue weighted by molar-refractivity contribution is 7.89. The number of carboxylic acid groups (broad SMARTS) is 1. The van der Waals surface area contributed by atoms with Gasteiger partial charge in [0, 0.05) is 37.8 Å². The van der Waals surface area contributed by atoms with Gasteiger partial charge < -0.3 is 9.84 Å². The Balaban J connectivity index is 1.91. The fourth-order valence-electron chi connectivity index (χ4n) is 2.97. The molecule has 2 aromatic rings. The second kappa shape index (κ2) is 6.49. The zero-order chi connectivity index (χ0) is 18.2. The van der Waals surface area contributed by atoms with Crippen LogP contribution in [0.15, 0.2) is 29.2 Å². The third kappa shape index (κ3) is 3.12. The Kier molecular flexibility index (Phi) is 4.53. The number of aryl methyl sites for hydroxylation is 1. The van der Waals surface area contributed by atoms with Gasteiger partial charge in [-0.05, 0) is 31.2 Å². The van der Waals surface area contributed by atoms with Crippen LogP contribution >= 0.6 is 0 Å². The number of rotatable bonds is 5. The van der Waals surface area contributed by atoms with Crippen molar-refractivity contribution >= 4 is 16.0 Å². The van der Waals surface area contributed by atoms with Crippen molar-refractivity contribution in [3.63, 3.8) is 0 Å². The van der Waals surface area contributed by atoms with Crippen molar-refractivity contribution in [1.29, 1.82) is 0 Å². The summed E-state index contributed by atoms with van der Waals surface area (Å²) in [6.07, 6.45) is 0.419. The van der Waals surface area contributed by atoms with Gasteiger partial charge in [0.05, 0.1) is 11.5 Å². The summed E-state index contributed by atoms with van der Waals surface area (Å²) in [5.41, 5.74) is 1.12. The Morgan fingerprint density at radius 3 is 2.60 bits per heavy atom. The van der Waals surface area contributed by atoms with Crippen LogP contribution in [0.3, 0.4) is 0 Å². The van der Waals surface area contributed by atoms with Crippen LogP contribution in [0.2, 0.25) is 0 Å². The number of ether oxygens (including phenoxy) is 1. The first-order chi connectivity index (χ1) is 11.8. The largest absolute Gasteiger partial charge is 0.494 e. The number of benzene rings is 1. The maximum atomic E-state index is 12.9. The molecule has 134 valence electrons. The van der Waals surface area contributed by atoms with Crippen LogP contribution in [0, 0.1) is 0 Å². The van der Waals surface area contributed by atoms with E-state index < -0.39 is 16.0 Å². The molecule has 3 rings (SSSR count). The van der Waals surface area contributed by atoms with Gasteiger partial charge in [-0.3, -0.25) is 4.68 Å². The van der Waals surface area contributed by atoms with E-state index in [1.165, 1.54) is 21.1 Å². The van der Waals surface area contributed by atoms with Gasteiger partial charge in [0.15, 0.2) is 5.69 Å². The maximum absolute atomic E-state index is 12.9. The minimum absolute atomic E-state index is 0.000349. The summed E-state index contributed by atoms with van der Waals surface area (Å²) in [4.78, 5) is 11.5. The zero-order valence-corrected chi connectivity index (χ0v) is 14.8. The molecule has 1 aromatic carbocycles. The first-order valence-corrected chi connectivity index (χ1v) is 9.29. The molecule has 0 amide bonds. The van der Waals surface area contributed by atoms with Gasteiger partial charge in [0.1, 0.15) is 5.75 Å². The second-order valence-corrected chi connectivity index (χ2v) is 7.63. The smallest absolute Gasteiger partial charge is 0.356 e. The van der Waals surface area contributed by atoms with Crippen molar-refractivity contribution in [3.05, 3.63) is 41.2 Å². The van der Waals surface area contributed by atoms with Crippen LogP contribution in [0.1, 0.15) is 28.7 Å². The molecule has 25 heavy (non-hydrogen) atoms. The van der Waals surface area contributed by atoms with Crippen LogP contribution in [0.25, 0.3) is 0 Å². The Morgan fingerprint density at radius 1 is 1.32 bits per heavy atom. The van der Waals surface area contributed by atoms with Crippen LogP contribution in [-0.4, -0.2) is 46.7 Å². The molecule has 8 nitrogen and oxygen atoms in total. The molecule has 0 unspecified atom stereocenters. The molecule has 1 aliphatic heterocycles. The highest BCUT2D eigenvalue weighted by atomic mass is 32.2. The molecule has 0 bridgehead atoms. The highest BCUT2D eigenvalue weighted by Crippen LogP contribution is 2.27. The average Bonchev–Trinajstić information content (AvgIpc) is 2.92. The molecule has 0 spiro atoms. The zero-order valence-electron chi connectivity index (χ0n) is 14.0.